The number of methoxy groups -OCH3 is 2. The van der Waals surface area contributed by atoms with Crippen LogP contribution in [0.3, 0.4) is 0 Å². The molecule has 0 saturated carbocycles. The van der Waals surface area contributed by atoms with Crippen LogP contribution in [0.5, 0.6) is 11.5 Å². The van der Waals surface area contributed by atoms with E-state index in [0.29, 0.717) is 30.3 Å². The molecule has 26 heavy (non-hydrogen) atoms. The van der Waals surface area contributed by atoms with Crippen molar-refractivity contribution in [3.63, 3.8) is 0 Å². The number of carbonyl (C=O) groups excluding carboxylic acids is 1. The minimum absolute atomic E-state index is 0.123. The van der Waals surface area contributed by atoms with Gasteiger partial charge in [-0.3, -0.25) is 4.79 Å². The van der Waals surface area contributed by atoms with Crippen molar-refractivity contribution in [1.29, 1.82) is 0 Å². The standard InChI is InChI=1S/C20H22FNO3S/c1-24-18-9-15-7-8-22(11-16(15)10-19(18)25-2)20(23)13-26-12-14-3-5-17(21)6-4-14/h3-6,9-10H,7-8,11-13H2,1-2H3. The number of rotatable bonds is 6. The quantitative estimate of drug-likeness (QED) is 0.772. The number of amides is 1. The summed E-state index contributed by atoms with van der Waals surface area (Å²) >= 11 is 1.55. The molecule has 138 valence electrons. The monoisotopic (exact) mass is 375 g/mol. The lowest BCUT2D eigenvalue weighted by Gasteiger charge is -2.29. The molecule has 2 aromatic carbocycles. The summed E-state index contributed by atoms with van der Waals surface area (Å²) in [5.74, 6) is 2.40. The zero-order valence-corrected chi connectivity index (χ0v) is 15.8. The van der Waals surface area contributed by atoms with Crippen molar-refractivity contribution in [1.82, 2.24) is 4.90 Å². The van der Waals surface area contributed by atoms with E-state index in [1.807, 2.05) is 17.0 Å². The number of carbonyl (C=O) groups is 1. The molecule has 0 fully saturated rings. The highest BCUT2D eigenvalue weighted by Gasteiger charge is 2.22. The smallest absolute Gasteiger partial charge is 0.232 e. The van der Waals surface area contributed by atoms with Crippen LogP contribution >= 0.6 is 11.8 Å². The Balaban J connectivity index is 1.57. The number of benzene rings is 2. The van der Waals surface area contributed by atoms with Gasteiger partial charge < -0.3 is 14.4 Å². The Morgan fingerprint density at radius 1 is 1.12 bits per heavy atom. The lowest BCUT2D eigenvalue weighted by molar-refractivity contribution is -0.129. The van der Waals surface area contributed by atoms with Crippen molar-refractivity contribution < 1.29 is 18.7 Å². The van der Waals surface area contributed by atoms with Crippen LogP contribution in [0.2, 0.25) is 0 Å². The molecule has 1 aliphatic rings. The summed E-state index contributed by atoms with van der Waals surface area (Å²) in [6.45, 7) is 1.30. The van der Waals surface area contributed by atoms with E-state index in [9.17, 15) is 9.18 Å². The van der Waals surface area contributed by atoms with Gasteiger partial charge in [0.2, 0.25) is 5.91 Å². The maximum absolute atomic E-state index is 12.9. The number of fused-ring (bicyclic) bond motifs is 1. The number of ether oxygens (including phenoxy) is 2. The normalized spacial score (nSPS) is 13.3. The third-order valence-electron chi connectivity index (χ3n) is 4.48. The second-order valence-electron chi connectivity index (χ2n) is 6.16. The fourth-order valence-corrected chi connectivity index (χ4v) is 3.91. The van der Waals surface area contributed by atoms with Gasteiger partial charge in [-0.1, -0.05) is 12.1 Å². The van der Waals surface area contributed by atoms with Crippen LogP contribution in [0.1, 0.15) is 16.7 Å². The number of hydrogen-bond acceptors (Lipinski definition) is 4. The highest BCUT2D eigenvalue weighted by Crippen LogP contribution is 2.33. The van der Waals surface area contributed by atoms with Crippen molar-refractivity contribution in [3.05, 3.63) is 58.9 Å². The molecule has 0 radical (unpaired) electrons. The van der Waals surface area contributed by atoms with Crippen LogP contribution < -0.4 is 9.47 Å². The first kappa shape index (κ1) is 18.6. The van der Waals surface area contributed by atoms with Crippen LogP contribution in [-0.4, -0.2) is 37.3 Å². The van der Waals surface area contributed by atoms with Crippen LogP contribution in [-0.2, 0) is 23.5 Å². The lowest BCUT2D eigenvalue weighted by Crippen LogP contribution is -2.37. The topological polar surface area (TPSA) is 38.8 Å². The Hall–Kier alpha value is -2.21. The lowest BCUT2D eigenvalue weighted by atomic mass is 9.99. The van der Waals surface area contributed by atoms with E-state index in [2.05, 4.69) is 0 Å². The molecule has 3 rings (SSSR count). The molecular weight excluding hydrogens is 353 g/mol. The van der Waals surface area contributed by atoms with Crippen LogP contribution in [0.4, 0.5) is 4.39 Å². The molecular formula is C20H22FNO3S. The summed E-state index contributed by atoms with van der Waals surface area (Å²) in [7, 11) is 3.24. The Bertz CT molecular complexity index is 779. The molecule has 0 unspecified atom stereocenters. The molecule has 0 aliphatic carbocycles. The van der Waals surface area contributed by atoms with E-state index in [0.717, 1.165) is 23.3 Å². The molecule has 0 bridgehead atoms. The largest absolute Gasteiger partial charge is 0.493 e. The second kappa shape index (κ2) is 8.45. The van der Waals surface area contributed by atoms with Crippen molar-refractivity contribution in [2.24, 2.45) is 0 Å². The molecule has 0 spiro atoms. The van der Waals surface area contributed by atoms with E-state index in [1.54, 1.807) is 38.1 Å². The third kappa shape index (κ3) is 4.30. The van der Waals surface area contributed by atoms with Gasteiger partial charge >= 0.3 is 0 Å². The van der Waals surface area contributed by atoms with Gasteiger partial charge in [0.05, 0.1) is 20.0 Å². The summed E-state index contributed by atoms with van der Waals surface area (Å²) in [6, 6.07) is 10.4. The van der Waals surface area contributed by atoms with E-state index in [4.69, 9.17) is 9.47 Å². The molecule has 1 heterocycles. The van der Waals surface area contributed by atoms with Gasteiger partial charge in [-0.15, -0.1) is 11.8 Å². The van der Waals surface area contributed by atoms with Crippen molar-refractivity contribution in [2.45, 2.75) is 18.7 Å². The minimum Gasteiger partial charge on any atom is -0.493 e. The molecule has 0 atom stereocenters. The Morgan fingerprint density at radius 3 is 2.42 bits per heavy atom. The highest BCUT2D eigenvalue weighted by molar-refractivity contribution is 7.99. The Labute approximate surface area is 157 Å². The Kier molecular flexibility index (Phi) is 6.04. The zero-order valence-electron chi connectivity index (χ0n) is 15.0. The molecule has 2 aromatic rings. The number of halogens is 1. The van der Waals surface area contributed by atoms with Gasteiger partial charge in [0.15, 0.2) is 11.5 Å². The molecule has 4 nitrogen and oxygen atoms in total. The number of thioether (sulfide) groups is 1. The maximum Gasteiger partial charge on any atom is 0.232 e. The molecule has 1 aliphatic heterocycles. The Morgan fingerprint density at radius 2 is 1.77 bits per heavy atom. The van der Waals surface area contributed by atoms with Gasteiger partial charge in [0.1, 0.15) is 5.82 Å². The van der Waals surface area contributed by atoms with Gasteiger partial charge in [0, 0.05) is 18.8 Å². The summed E-state index contributed by atoms with van der Waals surface area (Å²) < 4.78 is 23.6. The van der Waals surface area contributed by atoms with E-state index in [1.165, 1.54) is 17.7 Å². The van der Waals surface area contributed by atoms with Gasteiger partial charge in [-0.05, 0) is 47.4 Å². The average Bonchev–Trinajstić information content (AvgIpc) is 2.67. The SMILES string of the molecule is COc1cc2c(cc1OC)CN(C(=O)CSCc1ccc(F)cc1)CC2. The molecule has 0 saturated heterocycles. The molecule has 0 aromatic heterocycles. The first-order valence-electron chi connectivity index (χ1n) is 8.44. The zero-order chi connectivity index (χ0) is 18.5. The highest BCUT2D eigenvalue weighted by atomic mass is 32.2. The fraction of sp³-hybridized carbons (Fsp3) is 0.350. The van der Waals surface area contributed by atoms with Crippen LogP contribution in [0.25, 0.3) is 0 Å². The summed E-state index contributed by atoms with van der Waals surface area (Å²) in [5, 5.41) is 0. The predicted octanol–water partition coefficient (Wildman–Crippen LogP) is 3.66. The average molecular weight is 375 g/mol. The molecule has 1 amide bonds. The van der Waals surface area contributed by atoms with Crippen molar-refractivity contribution >= 4 is 17.7 Å². The summed E-state index contributed by atoms with van der Waals surface area (Å²) in [6.07, 6.45) is 0.810. The third-order valence-corrected chi connectivity index (χ3v) is 5.47. The van der Waals surface area contributed by atoms with Crippen LogP contribution in [0, 0.1) is 5.82 Å². The predicted molar refractivity (Wildman–Crippen MR) is 101 cm³/mol. The van der Waals surface area contributed by atoms with Gasteiger partial charge in [0.25, 0.3) is 0 Å². The minimum atomic E-state index is -0.242. The van der Waals surface area contributed by atoms with E-state index < -0.39 is 0 Å². The fourth-order valence-electron chi connectivity index (χ4n) is 3.02. The van der Waals surface area contributed by atoms with Crippen molar-refractivity contribution in [3.8, 4) is 11.5 Å². The van der Waals surface area contributed by atoms with Gasteiger partial charge in [-0.25, -0.2) is 4.39 Å². The first-order valence-corrected chi connectivity index (χ1v) is 9.60. The van der Waals surface area contributed by atoms with E-state index in [-0.39, 0.29) is 11.7 Å². The summed E-state index contributed by atoms with van der Waals surface area (Å²) in [4.78, 5) is 14.4. The summed E-state index contributed by atoms with van der Waals surface area (Å²) in [5.41, 5.74) is 3.32. The first-order chi connectivity index (χ1) is 12.6. The number of nitrogens with zero attached hydrogens (tertiary/aromatic N) is 1. The molecule has 0 N–H and O–H groups in total. The van der Waals surface area contributed by atoms with Crippen LogP contribution in [0.15, 0.2) is 36.4 Å². The van der Waals surface area contributed by atoms with Crippen molar-refractivity contribution in [2.75, 3.05) is 26.5 Å². The van der Waals surface area contributed by atoms with E-state index >= 15 is 0 Å². The second-order valence-corrected chi connectivity index (χ2v) is 7.15. The molecule has 6 heteroatoms. The number of hydrogen-bond donors (Lipinski definition) is 0. The van der Waals surface area contributed by atoms with Gasteiger partial charge in [-0.2, -0.15) is 0 Å². The maximum atomic E-state index is 12.9.